The Morgan fingerprint density at radius 2 is 1.58 bits per heavy atom. The van der Waals surface area contributed by atoms with Crippen LogP contribution in [-0.2, 0) is 14.3 Å². The molecule has 0 aliphatic carbocycles. The lowest BCUT2D eigenvalue weighted by molar-refractivity contribution is 0.0588. The maximum absolute atomic E-state index is 12.6. The lowest BCUT2D eigenvalue weighted by Crippen LogP contribution is -2.42. The smallest absolute Gasteiger partial charge is 0.267 e. The minimum Gasteiger partial charge on any atom is -0.272 e. The first-order valence-electron chi connectivity index (χ1n) is 7.69. The van der Waals surface area contributed by atoms with Gasteiger partial charge in [-0.2, -0.15) is 8.42 Å². The predicted octanol–water partition coefficient (Wildman–Crippen LogP) is 2.19. The van der Waals surface area contributed by atoms with Crippen LogP contribution in [0.5, 0.6) is 0 Å². The van der Waals surface area contributed by atoms with Crippen molar-refractivity contribution >= 4 is 32.7 Å². The Balaban J connectivity index is 1.85. The Labute approximate surface area is 140 Å². The molecular weight excluding hydrogens is 330 g/mol. The zero-order valence-corrected chi connectivity index (χ0v) is 14.0. The van der Waals surface area contributed by atoms with Gasteiger partial charge in [0, 0.05) is 16.5 Å². The first-order chi connectivity index (χ1) is 11.4. The number of carbonyl (C=O) groups excluding carboxylic acids is 2. The molecule has 0 spiro atoms. The fraction of sp³-hybridized carbons (Fsp3) is 0.294. The van der Waals surface area contributed by atoms with Gasteiger partial charge in [0.1, 0.15) is 0 Å². The van der Waals surface area contributed by atoms with Crippen molar-refractivity contribution in [2.24, 2.45) is 0 Å². The minimum atomic E-state index is -3.62. The van der Waals surface area contributed by atoms with Crippen LogP contribution in [0.3, 0.4) is 0 Å². The normalized spacial score (nSPS) is 14.5. The van der Waals surface area contributed by atoms with E-state index in [4.69, 9.17) is 4.18 Å². The fourth-order valence-electron chi connectivity index (χ4n) is 2.85. The monoisotopic (exact) mass is 347 g/mol. The molecule has 2 amide bonds. The Kier molecular flexibility index (Phi) is 4.38. The molecule has 1 heterocycles. The molecule has 0 radical (unpaired) electrons. The zero-order chi connectivity index (χ0) is 17.3. The molecule has 0 saturated heterocycles. The molecule has 0 N–H and O–H groups in total. The third-order valence-corrected chi connectivity index (χ3v) is 5.32. The first-order valence-corrected chi connectivity index (χ1v) is 9.27. The van der Waals surface area contributed by atoms with Crippen molar-refractivity contribution in [1.29, 1.82) is 0 Å². The van der Waals surface area contributed by atoms with E-state index in [1.807, 2.05) is 12.1 Å². The number of carbonyl (C=O) groups is 2. The molecular formula is C17H17NO5S. The van der Waals surface area contributed by atoms with Crippen LogP contribution in [-0.4, -0.2) is 44.0 Å². The number of amides is 2. The highest BCUT2D eigenvalue weighted by molar-refractivity contribution is 7.86. The quantitative estimate of drug-likeness (QED) is 0.591. The average Bonchev–Trinajstić information content (AvgIpc) is 2.55. The molecule has 0 atom stereocenters. The highest BCUT2D eigenvalue weighted by Crippen LogP contribution is 2.29. The SMILES string of the molecule is CCCS(=O)(=O)OCCN1C(=O)c2cccc3cccc(c23)C1=O. The van der Waals surface area contributed by atoms with Crippen LogP contribution >= 0.6 is 0 Å². The van der Waals surface area contributed by atoms with Crippen molar-refractivity contribution in [2.75, 3.05) is 18.9 Å². The number of rotatable bonds is 6. The maximum atomic E-state index is 12.6. The van der Waals surface area contributed by atoms with E-state index in [1.54, 1.807) is 31.2 Å². The summed E-state index contributed by atoms with van der Waals surface area (Å²) >= 11 is 0. The van der Waals surface area contributed by atoms with Crippen molar-refractivity contribution in [3.63, 3.8) is 0 Å². The summed E-state index contributed by atoms with van der Waals surface area (Å²) in [7, 11) is -3.62. The van der Waals surface area contributed by atoms with Crippen LogP contribution in [0.1, 0.15) is 34.1 Å². The van der Waals surface area contributed by atoms with Gasteiger partial charge in [0.2, 0.25) is 0 Å². The lowest BCUT2D eigenvalue weighted by Gasteiger charge is -2.26. The van der Waals surface area contributed by atoms with Gasteiger partial charge in [0.15, 0.2) is 0 Å². The molecule has 0 bridgehead atoms. The average molecular weight is 347 g/mol. The number of nitrogens with zero attached hydrogens (tertiary/aromatic N) is 1. The summed E-state index contributed by atoms with van der Waals surface area (Å²) in [6, 6.07) is 10.5. The van der Waals surface area contributed by atoms with E-state index in [9.17, 15) is 18.0 Å². The van der Waals surface area contributed by atoms with Crippen molar-refractivity contribution < 1.29 is 22.2 Å². The van der Waals surface area contributed by atoms with Crippen LogP contribution in [0.15, 0.2) is 36.4 Å². The van der Waals surface area contributed by atoms with E-state index in [2.05, 4.69) is 0 Å². The molecule has 0 aromatic heterocycles. The van der Waals surface area contributed by atoms with E-state index in [1.165, 1.54) is 0 Å². The predicted molar refractivity (Wildman–Crippen MR) is 89.3 cm³/mol. The van der Waals surface area contributed by atoms with E-state index in [0.717, 1.165) is 10.3 Å². The summed E-state index contributed by atoms with van der Waals surface area (Å²) in [4.78, 5) is 26.2. The third-order valence-electron chi connectivity index (χ3n) is 3.89. The second-order valence-electron chi connectivity index (χ2n) is 5.55. The molecule has 6 nitrogen and oxygen atoms in total. The van der Waals surface area contributed by atoms with Gasteiger partial charge >= 0.3 is 0 Å². The van der Waals surface area contributed by atoms with Gasteiger partial charge in [0.25, 0.3) is 21.9 Å². The summed E-state index contributed by atoms with van der Waals surface area (Å²) in [5.74, 6) is -0.946. The standard InChI is InChI=1S/C17H17NO5S/c1-2-11-24(21,22)23-10-9-18-16(19)13-7-3-5-12-6-4-8-14(15(12)13)17(18)20/h3-8H,2,9-11H2,1H3. The second kappa shape index (κ2) is 6.33. The van der Waals surface area contributed by atoms with E-state index in [0.29, 0.717) is 22.9 Å². The fourth-order valence-corrected chi connectivity index (χ4v) is 3.79. The molecule has 0 fully saturated rings. The van der Waals surface area contributed by atoms with Crippen molar-refractivity contribution in [2.45, 2.75) is 13.3 Å². The number of hydrogen-bond donors (Lipinski definition) is 0. The molecule has 2 aromatic rings. The molecule has 0 unspecified atom stereocenters. The molecule has 2 aromatic carbocycles. The zero-order valence-electron chi connectivity index (χ0n) is 13.2. The number of hydrogen-bond acceptors (Lipinski definition) is 5. The Morgan fingerprint density at radius 1 is 1.00 bits per heavy atom. The lowest BCUT2D eigenvalue weighted by atomic mass is 9.94. The molecule has 1 aliphatic rings. The van der Waals surface area contributed by atoms with Gasteiger partial charge in [-0.3, -0.25) is 18.7 Å². The van der Waals surface area contributed by atoms with Gasteiger partial charge in [0.05, 0.1) is 18.9 Å². The molecule has 126 valence electrons. The second-order valence-corrected chi connectivity index (χ2v) is 7.31. The number of imide groups is 1. The summed E-state index contributed by atoms with van der Waals surface area (Å²) in [6.07, 6.45) is 0.444. The van der Waals surface area contributed by atoms with Gasteiger partial charge in [-0.05, 0) is 23.9 Å². The van der Waals surface area contributed by atoms with Crippen molar-refractivity contribution in [1.82, 2.24) is 4.90 Å². The van der Waals surface area contributed by atoms with Gasteiger partial charge in [-0.15, -0.1) is 0 Å². The van der Waals surface area contributed by atoms with Crippen LogP contribution < -0.4 is 0 Å². The van der Waals surface area contributed by atoms with Crippen LogP contribution in [0, 0.1) is 0 Å². The molecule has 0 saturated carbocycles. The summed E-state index contributed by atoms with van der Waals surface area (Å²) in [5.41, 5.74) is 0.887. The molecule has 1 aliphatic heterocycles. The van der Waals surface area contributed by atoms with Gasteiger partial charge in [-0.25, -0.2) is 0 Å². The summed E-state index contributed by atoms with van der Waals surface area (Å²) in [6.45, 7) is 1.39. The maximum Gasteiger partial charge on any atom is 0.267 e. The van der Waals surface area contributed by atoms with E-state index in [-0.39, 0.29) is 18.9 Å². The first kappa shape index (κ1) is 16.6. The Bertz CT molecular complexity index is 869. The van der Waals surface area contributed by atoms with Crippen molar-refractivity contribution in [3.8, 4) is 0 Å². The Morgan fingerprint density at radius 3 is 2.12 bits per heavy atom. The topological polar surface area (TPSA) is 80.8 Å². The molecule has 7 heteroatoms. The highest BCUT2D eigenvalue weighted by Gasteiger charge is 2.32. The summed E-state index contributed by atoms with van der Waals surface area (Å²) < 4.78 is 28.0. The largest absolute Gasteiger partial charge is 0.272 e. The van der Waals surface area contributed by atoms with Crippen LogP contribution in [0.25, 0.3) is 10.8 Å². The summed E-state index contributed by atoms with van der Waals surface area (Å²) in [5, 5.41) is 1.47. The highest BCUT2D eigenvalue weighted by atomic mass is 32.2. The van der Waals surface area contributed by atoms with E-state index < -0.39 is 21.9 Å². The third kappa shape index (κ3) is 2.92. The molecule has 24 heavy (non-hydrogen) atoms. The van der Waals surface area contributed by atoms with Crippen LogP contribution in [0.2, 0.25) is 0 Å². The molecule has 3 rings (SSSR count). The number of benzene rings is 2. The van der Waals surface area contributed by atoms with Crippen LogP contribution in [0.4, 0.5) is 0 Å². The Hall–Kier alpha value is -2.25. The van der Waals surface area contributed by atoms with E-state index >= 15 is 0 Å². The van der Waals surface area contributed by atoms with Gasteiger partial charge < -0.3 is 0 Å². The van der Waals surface area contributed by atoms with Gasteiger partial charge in [-0.1, -0.05) is 31.2 Å². The van der Waals surface area contributed by atoms with Crippen molar-refractivity contribution in [3.05, 3.63) is 47.5 Å². The minimum absolute atomic E-state index is 0.0863.